The van der Waals surface area contributed by atoms with Crippen LogP contribution in [0, 0.1) is 11.8 Å². The van der Waals surface area contributed by atoms with Crippen LogP contribution in [0.15, 0.2) is 0 Å². The summed E-state index contributed by atoms with van der Waals surface area (Å²) in [5.41, 5.74) is 0. The average molecular weight is 283 g/mol. The molecule has 0 atom stereocenters. The second-order valence-electron chi connectivity index (χ2n) is 5.93. The van der Waals surface area contributed by atoms with Gasteiger partial charge in [-0.15, -0.1) is 0 Å². The van der Waals surface area contributed by atoms with Gasteiger partial charge in [0, 0.05) is 25.6 Å². The predicted octanol–water partition coefficient (Wildman–Crippen LogP) is 0.834. The fourth-order valence-electron chi connectivity index (χ4n) is 2.96. The lowest BCUT2D eigenvalue weighted by Gasteiger charge is -2.39. The highest BCUT2D eigenvalue weighted by molar-refractivity contribution is 5.75. The first-order valence-electron chi connectivity index (χ1n) is 7.55. The van der Waals surface area contributed by atoms with Crippen LogP contribution in [0.3, 0.4) is 0 Å². The van der Waals surface area contributed by atoms with Crippen LogP contribution in [0.25, 0.3) is 0 Å². The number of hydrogen-bond acceptors (Lipinski definition) is 3. The van der Waals surface area contributed by atoms with Gasteiger partial charge in [0.05, 0.1) is 6.42 Å². The molecule has 2 aliphatic heterocycles. The zero-order valence-electron chi connectivity index (χ0n) is 12.2. The van der Waals surface area contributed by atoms with Gasteiger partial charge in [-0.05, 0) is 38.4 Å². The first-order valence-corrected chi connectivity index (χ1v) is 7.55. The summed E-state index contributed by atoms with van der Waals surface area (Å²) in [5, 5.41) is 11.6. The highest BCUT2D eigenvalue weighted by Crippen LogP contribution is 2.20. The summed E-state index contributed by atoms with van der Waals surface area (Å²) < 4.78 is 0. The van der Waals surface area contributed by atoms with Gasteiger partial charge >= 0.3 is 12.0 Å². The molecule has 2 heterocycles. The summed E-state index contributed by atoms with van der Waals surface area (Å²) in [6, 6.07) is -0.0374. The molecule has 0 radical (unpaired) electrons. The summed E-state index contributed by atoms with van der Waals surface area (Å²) in [5.74, 6) is -0.0679. The zero-order chi connectivity index (χ0) is 14.5. The Hall–Kier alpha value is -1.30. The molecule has 6 nitrogen and oxygen atoms in total. The van der Waals surface area contributed by atoms with E-state index in [0.717, 1.165) is 39.0 Å². The SMILES string of the molecule is CCN1CCC(CNC(=O)N2CC(CC(=O)O)C2)CC1. The lowest BCUT2D eigenvalue weighted by Crippen LogP contribution is -2.55. The van der Waals surface area contributed by atoms with Crippen LogP contribution in [-0.4, -0.2) is 66.2 Å². The van der Waals surface area contributed by atoms with Gasteiger partial charge in [0.25, 0.3) is 0 Å². The number of nitrogens with zero attached hydrogens (tertiary/aromatic N) is 2. The van der Waals surface area contributed by atoms with Gasteiger partial charge in [0.2, 0.25) is 0 Å². The first-order chi connectivity index (χ1) is 9.58. The molecule has 114 valence electrons. The minimum absolute atomic E-state index is 0.0374. The molecule has 0 unspecified atom stereocenters. The minimum atomic E-state index is -0.780. The Bertz CT molecular complexity index is 348. The highest BCUT2D eigenvalue weighted by Gasteiger charge is 2.32. The van der Waals surface area contributed by atoms with E-state index in [1.165, 1.54) is 0 Å². The number of carbonyl (C=O) groups excluding carboxylic acids is 1. The van der Waals surface area contributed by atoms with Crippen LogP contribution in [-0.2, 0) is 4.79 Å². The lowest BCUT2D eigenvalue weighted by atomic mass is 9.96. The Morgan fingerprint density at radius 2 is 1.85 bits per heavy atom. The smallest absolute Gasteiger partial charge is 0.317 e. The Balaban J connectivity index is 1.59. The number of hydrogen-bond donors (Lipinski definition) is 2. The molecule has 0 aliphatic carbocycles. The molecule has 2 saturated heterocycles. The molecular weight excluding hydrogens is 258 g/mol. The minimum Gasteiger partial charge on any atom is -0.481 e. The van der Waals surface area contributed by atoms with Gasteiger partial charge < -0.3 is 20.2 Å². The summed E-state index contributed by atoms with van der Waals surface area (Å²) >= 11 is 0. The van der Waals surface area contributed by atoms with Crippen LogP contribution in [0.4, 0.5) is 4.79 Å². The van der Waals surface area contributed by atoms with Crippen molar-refractivity contribution in [2.45, 2.75) is 26.2 Å². The van der Waals surface area contributed by atoms with Gasteiger partial charge in [-0.3, -0.25) is 4.79 Å². The summed E-state index contributed by atoms with van der Waals surface area (Å²) in [4.78, 5) is 26.6. The van der Waals surface area contributed by atoms with Crippen LogP contribution >= 0.6 is 0 Å². The van der Waals surface area contributed by atoms with Crippen molar-refractivity contribution in [1.29, 1.82) is 0 Å². The van der Waals surface area contributed by atoms with Crippen molar-refractivity contribution >= 4 is 12.0 Å². The summed E-state index contributed by atoms with van der Waals surface area (Å²) in [7, 11) is 0. The van der Waals surface area contributed by atoms with Gasteiger partial charge in [-0.2, -0.15) is 0 Å². The van der Waals surface area contributed by atoms with Crippen LogP contribution < -0.4 is 5.32 Å². The van der Waals surface area contributed by atoms with Crippen molar-refractivity contribution < 1.29 is 14.7 Å². The Morgan fingerprint density at radius 3 is 2.40 bits per heavy atom. The molecule has 2 aliphatic rings. The first kappa shape index (κ1) is 15.1. The maximum Gasteiger partial charge on any atom is 0.317 e. The largest absolute Gasteiger partial charge is 0.481 e. The van der Waals surface area contributed by atoms with E-state index in [9.17, 15) is 9.59 Å². The van der Waals surface area contributed by atoms with Crippen molar-refractivity contribution in [3.8, 4) is 0 Å². The topological polar surface area (TPSA) is 72.9 Å². The number of nitrogens with one attached hydrogen (secondary N) is 1. The number of carbonyl (C=O) groups is 2. The van der Waals surface area contributed by atoms with E-state index in [-0.39, 0.29) is 18.4 Å². The number of aliphatic carboxylic acids is 1. The zero-order valence-corrected chi connectivity index (χ0v) is 12.2. The molecule has 2 fully saturated rings. The Labute approximate surface area is 120 Å². The molecular formula is C14H25N3O3. The van der Waals surface area contributed by atoms with E-state index in [2.05, 4.69) is 17.1 Å². The van der Waals surface area contributed by atoms with E-state index in [0.29, 0.717) is 19.0 Å². The van der Waals surface area contributed by atoms with Crippen LogP contribution in [0.2, 0.25) is 0 Å². The van der Waals surface area contributed by atoms with Gasteiger partial charge in [0.1, 0.15) is 0 Å². The third-order valence-electron chi connectivity index (χ3n) is 4.40. The standard InChI is InChI=1S/C14H25N3O3/c1-2-16-5-3-11(4-6-16)8-15-14(20)17-9-12(10-17)7-13(18)19/h11-12H,2-10H2,1H3,(H,15,20)(H,18,19). The fraction of sp³-hybridized carbons (Fsp3) is 0.857. The number of amides is 2. The Morgan fingerprint density at radius 1 is 1.20 bits per heavy atom. The number of piperidine rings is 1. The van der Waals surface area contributed by atoms with E-state index >= 15 is 0 Å². The Kier molecular flexibility index (Phi) is 5.23. The van der Waals surface area contributed by atoms with Crippen LogP contribution in [0.5, 0.6) is 0 Å². The molecule has 2 amide bonds. The normalized spacial score (nSPS) is 21.6. The second-order valence-corrected chi connectivity index (χ2v) is 5.93. The van der Waals surface area contributed by atoms with Crippen molar-refractivity contribution in [3.05, 3.63) is 0 Å². The molecule has 0 aromatic rings. The number of urea groups is 1. The molecule has 2 rings (SSSR count). The summed E-state index contributed by atoms with van der Waals surface area (Å²) in [6.07, 6.45) is 2.46. The monoisotopic (exact) mass is 283 g/mol. The molecule has 20 heavy (non-hydrogen) atoms. The molecule has 0 bridgehead atoms. The highest BCUT2D eigenvalue weighted by atomic mass is 16.4. The van der Waals surface area contributed by atoms with Gasteiger partial charge in [-0.1, -0.05) is 6.92 Å². The number of rotatable bonds is 5. The number of carboxylic acid groups (broad SMARTS) is 1. The molecule has 0 spiro atoms. The van der Waals surface area contributed by atoms with Gasteiger partial charge in [0.15, 0.2) is 0 Å². The van der Waals surface area contributed by atoms with E-state index in [4.69, 9.17) is 5.11 Å². The quantitative estimate of drug-likeness (QED) is 0.784. The molecule has 0 aromatic carbocycles. The summed E-state index contributed by atoms with van der Waals surface area (Å²) in [6.45, 7) is 7.44. The van der Waals surface area contributed by atoms with Crippen molar-refractivity contribution in [3.63, 3.8) is 0 Å². The lowest BCUT2D eigenvalue weighted by molar-refractivity contribution is -0.139. The second kappa shape index (κ2) is 6.92. The van der Waals surface area contributed by atoms with E-state index in [1.54, 1.807) is 4.90 Å². The third-order valence-corrected chi connectivity index (χ3v) is 4.40. The molecule has 0 aromatic heterocycles. The maximum atomic E-state index is 11.9. The van der Waals surface area contributed by atoms with Crippen molar-refractivity contribution in [2.75, 3.05) is 39.3 Å². The predicted molar refractivity (Wildman–Crippen MR) is 75.6 cm³/mol. The molecule has 6 heteroatoms. The van der Waals surface area contributed by atoms with Crippen molar-refractivity contribution in [1.82, 2.24) is 15.1 Å². The van der Waals surface area contributed by atoms with Gasteiger partial charge in [-0.25, -0.2) is 4.79 Å². The van der Waals surface area contributed by atoms with E-state index in [1.807, 2.05) is 0 Å². The molecule has 2 N–H and O–H groups in total. The average Bonchev–Trinajstić information content (AvgIpc) is 2.40. The van der Waals surface area contributed by atoms with Crippen LogP contribution in [0.1, 0.15) is 26.2 Å². The number of carboxylic acids is 1. The third kappa shape index (κ3) is 4.10. The van der Waals surface area contributed by atoms with Crippen molar-refractivity contribution in [2.24, 2.45) is 11.8 Å². The number of likely N-dealkylation sites (tertiary alicyclic amines) is 2. The van der Waals surface area contributed by atoms with E-state index < -0.39 is 5.97 Å². The fourth-order valence-corrected chi connectivity index (χ4v) is 2.96. The molecule has 0 saturated carbocycles. The maximum absolute atomic E-state index is 11.9.